The highest BCUT2D eigenvalue weighted by Gasteiger charge is 2.29. The zero-order chi connectivity index (χ0) is 18.0. The number of ether oxygens (including phenoxy) is 1. The number of hydrogen-bond acceptors (Lipinski definition) is 4. The zero-order valence-corrected chi connectivity index (χ0v) is 15.4. The van der Waals surface area contributed by atoms with E-state index in [1.807, 2.05) is 0 Å². The van der Waals surface area contributed by atoms with Crippen LogP contribution in [0.1, 0.15) is 16.8 Å². The predicted molar refractivity (Wildman–Crippen MR) is 95.1 cm³/mol. The average Bonchev–Trinajstić information content (AvgIpc) is 2.90. The lowest BCUT2D eigenvalue weighted by molar-refractivity contribution is 0.0940. The molecule has 1 aliphatic heterocycles. The molecule has 0 radical (unpaired) electrons. The standard InChI is InChI=1S/C17H15BrFNO4S/c18-12-2-4-14(5-3-12)24-16-6-1-11(9-15(16)19)17(21)20-13-7-8-25(22,23)10-13/h1-6,9,13H,7-8,10H2,(H,20,21). The fourth-order valence-electron chi connectivity index (χ4n) is 2.53. The topological polar surface area (TPSA) is 72.5 Å². The molecule has 5 nitrogen and oxygen atoms in total. The van der Waals surface area contributed by atoms with Crippen molar-refractivity contribution in [2.24, 2.45) is 0 Å². The van der Waals surface area contributed by atoms with Crippen molar-refractivity contribution >= 4 is 31.7 Å². The van der Waals surface area contributed by atoms with Gasteiger partial charge in [-0.1, -0.05) is 15.9 Å². The number of rotatable bonds is 4. The third-order valence-electron chi connectivity index (χ3n) is 3.80. The number of nitrogens with one attached hydrogen (secondary N) is 1. The number of carbonyl (C=O) groups excluding carboxylic acids is 1. The van der Waals surface area contributed by atoms with Crippen molar-refractivity contribution in [3.8, 4) is 11.5 Å². The van der Waals surface area contributed by atoms with Crippen molar-refractivity contribution in [3.63, 3.8) is 0 Å². The van der Waals surface area contributed by atoms with Crippen molar-refractivity contribution in [3.05, 3.63) is 58.3 Å². The van der Waals surface area contributed by atoms with Crippen LogP contribution in [0.2, 0.25) is 0 Å². The lowest BCUT2D eigenvalue weighted by Crippen LogP contribution is -2.35. The van der Waals surface area contributed by atoms with Crippen LogP contribution in [0.4, 0.5) is 4.39 Å². The van der Waals surface area contributed by atoms with Gasteiger partial charge in [0, 0.05) is 16.1 Å². The molecular weight excluding hydrogens is 413 g/mol. The largest absolute Gasteiger partial charge is 0.454 e. The Balaban J connectivity index is 1.68. The molecule has 1 heterocycles. The molecule has 1 atom stereocenters. The van der Waals surface area contributed by atoms with Gasteiger partial charge in [0.15, 0.2) is 21.4 Å². The molecular formula is C17H15BrFNO4S. The molecule has 2 aromatic rings. The third kappa shape index (κ3) is 4.58. The summed E-state index contributed by atoms with van der Waals surface area (Å²) in [4.78, 5) is 12.2. The Labute approximate surface area is 153 Å². The smallest absolute Gasteiger partial charge is 0.251 e. The Morgan fingerprint density at radius 2 is 1.92 bits per heavy atom. The molecule has 0 bridgehead atoms. The van der Waals surface area contributed by atoms with Gasteiger partial charge >= 0.3 is 0 Å². The van der Waals surface area contributed by atoms with Crippen molar-refractivity contribution in [1.82, 2.24) is 5.32 Å². The maximum absolute atomic E-state index is 14.2. The van der Waals surface area contributed by atoms with E-state index in [2.05, 4.69) is 21.2 Å². The van der Waals surface area contributed by atoms with E-state index in [0.717, 1.165) is 10.5 Å². The second-order valence-corrected chi connectivity index (χ2v) is 8.92. The third-order valence-corrected chi connectivity index (χ3v) is 6.10. The molecule has 1 unspecified atom stereocenters. The second kappa shape index (κ2) is 7.13. The van der Waals surface area contributed by atoms with Crippen molar-refractivity contribution in [1.29, 1.82) is 0 Å². The number of sulfone groups is 1. The summed E-state index contributed by atoms with van der Waals surface area (Å²) in [6, 6.07) is 10.4. The summed E-state index contributed by atoms with van der Waals surface area (Å²) in [5.74, 6) is -0.721. The van der Waals surface area contributed by atoms with Crippen molar-refractivity contribution in [2.75, 3.05) is 11.5 Å². The first-order valence-electron chi connectivity index (χ1n) is 7.57. The molecule has 1 fully saturated rings. The van der Waals surface area contributed by atoms with Crippen molar-refractivity contribution in [2.45, 2.75) is 12.5 Å². The van der Waals surface area contributed by atoms with Crippen molar-refractivity contribution < 1.29 is 22.3 Å². The Hall–Kier alpha value is -1.93. The van der Waals surface area contributed by atoms with Crippen LogP contribution >= 0.6 is 15.9 Å². The predicted octanol–water partition coefficient (Wildman–Crippen LogP) is 3.30. The molecule has 3 rings (SSSR count). The molecule has 0 spiro atoms. The molecule has 1 aliphatic rings. The Kier molecular flexibility index (Phi) is 5.10. The quantitative estimate of drug-likeness (QED) is 0.812. The first kappa shape index (κ1) is 17.9. The molecule has 1 N–H and O–H groups in total. The van der Waals surface area contributed by atoms with E-state index in [1.54, 1.807) is 24.3 Å². The van der Waals surface area contributed by atoms with E-state index < -0.39 is 27.6 Å². The van der Waals surface area contributed by atoms with Gasteiger partial charge in [-0.25, -0.2) is 12.8 Å². The minimum absolute atomic E-state index is 0.00215. The van der Waals surface area contributed by atoms with Crippen LogP contribution in [-0.2, 0) is 9.84 Å². The van der Waals surface area contributed by atoms with Gasteiger partial charge in [-0.2, -0.15) is 0 Å². The summed E-state index contributed by atoms with van der Waals surface area (Å²) in [7, 11) is -3.09. The fourth-order valence-corrected chi connectivity index (χ4v) is 4.47. The lowest BCUT2D eigenvalue weighted by atomic mass is 10.1. The number of carbonyl (C=O) groups is 1. The van der Waals surface area contributed by atoms with Crippen LogP contribution in [0.3, 0.4) is 0 Å². The van der Waals surface area contributed by atoms with E-state index in [0.29, 0.717) is 12.2 Å². The van der Waals surface area contributed by atoms with E-state index in [-0.39, 0.29) is 22.8 Å². The fraction of sp³-hybridized carbons (Fsp3) is 0.235. The van der Waals surface area contributed by atoms with Crippen LogP contribution in [0.5, 0.6) is 11.5 Å². The van der Waals surface area contributed by atoms with Crippen LogP contribution in [0.15, 0.2) is 46.9 Å². The maximum atomic E-state index is 14.2. The Morgan fingerprint density at radius 1 is 1.20 bits per heavy atom. The second-order valence-electron chi connectivity index (χ2n) is 5.77. The van der Waals surface area contributed by atoms with E-state index in [9.17, 15) is 17.6 Å². The van der Waals surface area contributed by atoms with Gasteiger partial charge in [0.2, 0.25) is 0 Å². The number of hydrogen-bond donors (Lipinski definition) is 1. The maximum Gasteiger partial charge on any atom is 0.251 e. The van der Waals surface area contributed by atoms with Crippen LogP contribution < -0.4 is 10.1 Å². The first-order chi connectivity index (χ1) is 11.8. The van der Waals surface area contributed by atoms with Crippen LogP contribution in [0.25, 0.3) is 0 Å². The first-order valence-corrected chi connectivity index (χ1v) is 10.2. The molecule has 0 saturated carbocycles. The lowest BCUT2D eigenvalue weighted by Gasteiger charge is -2.12. The minimum Gasteiger partial charge on any atom is -0.454 e. The molecule has 25 heavy (non-hydrogen) atoms. The highest BCUT2D eigenvalue weighted by Crippen LogP contribution is 2.26. The van der Waals surface area contributed by atoms with Gasteiger partial charge in [0.1, 0.15) is 5.75 Å². The summed E-state index contributed by atoms with van der Waals surface area (Å²) >= 11 is 3.30. The SMILES string of the molecule is O=C(NC1CCS(=O)(=O)C1)c1ccc(Oc2ccc(Br)cc2)c(F)c1. The molecule has 1 saturated heterocycles. The van der Waals surface area contributed by atoms with Gasteiger partial charge in [0.05, 0.1) is 11.5 Å². The van der Waals surface area contributed by atoms with E-state index in [1.165, 1.54) is 12.1 Å². The average molecular weight is 428 g/mol. The highest BCUT2D eigenvalue weighted by atomic mass is 79.9. The summed E-state index contributed by atoms with van der Waals surface area (Å²) in [5.41, 5.74) is 0.116. The number of benzene rings is 2. The summed E-state index contributed by atoms with van der Waals surface area (Å²) in [6.07, 6.45) is 0.376. The minimum atomic E-state index is -3.09. The number of amides is 1. The molecule has 0 aliphatic carbocycles. The van der Waals surface area contributed by atoms with Gasteiger partial charge < -0.3 is 10.1 Å². The van der Waals surface area contributed by atoms with Crippen LogP contribution in [-0.4, -0.2) is 31.9 Å². The summed E-state index contributed by atoms with van der Waals surface area (Å²) in [5, 5.41) is 2.62. The Bertz CT molecular complexity index is 899. The highest BCUT2D eigenvalue weighted by molar-refractivity contribution is 9.10. The summed E-state index contributed by atoms with van der Waals surface area (Å²) < 4.78 is 43.4. The van der Waals surface area contributed by atoms with Crippen LogP contribution in [0, 0.1) is 5.82 Å². The molecule has 2 aromatic carbocycles. The van der Waals surface area contributed by atoms with Gasteiger partial charge in [-0.05, 0) is 48.9 Å². The molecule has 8 heteroatoms. The molecule has 1 amide bonds. The monoisotopic (exact) mass is 427 g/mol. The summed E-state index contributed by atoms with van der Waals surface area (Å²) in [6.45, 7) is 0. The number of halogens is 2. The van der Waals surface area contributed by atoms with Gasteiger partial charge in [-0.15, -0.1) is 0 Å². The molecule has 132 valence electrons. The van der Waals surface area contributed by atoms with Gasteiger partial charge in [0.25, 0.3) is 5.91 Å². The Morgan fingerprint density at radius 3 is 2.52 bits per heavy atom. The van der Waals surface area contributed by atoms with Gasteiger partial charge in [-0.3, -0.25) is 4.79 Å². The zero-order valence-electron chi connectivity index (χ0n) is 13.0. The molecule has 0 aromatic heterocycles. The normalized spacial score (nSPS) is 18.7. The van der Waals surface area contributed by atoms with E-state index in [4.69, 9.17) is 4.74 Å². The van der Waals surface area contributed by atoms with E-state index >= 15 is 0 Å².